The number of ether oxygens (including phenoxy) is 3. The predicted octanol–water partition coefficient (Wildman–Crippen LogP) is 3.19. The van der Waals surface area contributed by atoms with Gasteiger partial charge < -0.3 is 19.1 Å². The van der Waals surface area contributed by atoms with Crippen LogP contribution in [0.25, 0.3) is 0 Å². The van der Waals surface area contributed by atoms with Gasteiger partial charge in [-0.25, -0.2) is 0 Å². The van der Waals surface area contributed by atoms with Crippen LogP contribution in [0, 0.1) is 0 Å². The number of fused-ring (bicyclic) bond motifs is 3. The second-order valence-corrected chi connectivity index (χ2v) is 7.50. The summed E-state index contributed by atoms with van der Waals surface area (Å²) in [5.41, 5.74) is 2.00. The molecule has 0 atom stereocenters. The fourth-order valence-electron chi connectivity index (χ4n) is 4.47. The molecule has 27 heavy (non-hydrogen) atoms. The van der Waals surface area contributed by atoms with Gasteiger partial charge in [0, 0.05) is 18.5 Å². The summed E-state index contributed by atoms with van der Waals surface area (Å²) in [6, 6.07) is 3.96. The fraction of sp³-hybridized carbons (Fsp3) is 0.632. The Bertz CT molecular complexity index is 728. The van der Waals surface area contributed by atoms with Gasteiger partial charge in [0.2, 0.25) is 5.91 Å². The lowest BCUT2D eigenvalue weighted by Gasteiger charge is -2.43. The van der Waals surface area contributed by atoms with E-state index in [-0.39, 0.29) is 5.41 Å². The molecular formula is C19H22F3NO4. The van der Waals surface area contributed by atoms with Crippen molar-refractivity contribution in [1.82, 2.24) is 4.90 Å². The maximum absolute atomic E-state index is 12.5. The molecule has 148 valence electrons. The molecule has 0 aromatic heterocycles. The summed E-state index contributed by atoms with van der Waals surface area (Å²) in [7, 11) is 0. The standard InChI is InChI=1S/C19H22F3NO4/c20-19(21,22)12-25-10-17(24)23-9-13-7-15-16(27-6-5-26-15)8-14(13)18(11-23)3-1-2-4-18/h7-8H,1-6,9-12H2. The van der Waals surface area contributed by atoms with Crippen molar-refractivity contribution in [1.29, 1.82) is 0 Å². The zero-order valence-corrected chi connectivity index (χ0v) is 14.9. The van der Waals surface area contributed by atoms with Crippen molar-refractivity contribution in [3.05, 3.63) is 23.3 Å². The third-order valence-electron chi connectivity index (χ3n) is 5.60. The van der Waals surface area contributed by atoms with Crippen molar-refractivity contribution in [3.63, 3.8) is 0 Å². The fourth-order valence-corrected chi connectivity index (χ4v) is 4.47. The van der Waals surface area contributed by atoms with Gasteiger partial charge in [0.15, 0.2) is 11.5 Å². The van der Waals surface area contributed by atoms with E-state index >= 15 is 0 Å². The highest BCUT2D eigenvalue weighted by atomic mass is 19.4. The first-order chi connectivity index (χ1) is 12.9. The summed E-state index contributed by atoms with van der Waals surface area (Å²) in [5.74, 6) is 0.987. The van der Waals surface area contributed by atoms with E-state index in [1.807, 2.05) is 12.1 Å². The molecule has 0 unspecified atom stereocenters. The van der Waals surface area contributed by atoms with Crippen LogP contribution in [0.4, 0.5) is 13.2 Å². The molecule has 1 aromatic carbocycles. The molecule has 1 aromatic rings. The summed E-state index contributed by atoms with van der Waals surface area (Å²) >= 11 is 0. The molecule has 5 nitrogen and oxygen atoms in total. The zero-order valence-electron chi connectivity index (χ0n) is 14.9. The Kier molecular flexibility index (Phi) is 4.70. The van der Waals surface area contributed by atoms with E-state index < -0.39 is 25.3 Å². The molecule has 1 saturated carbocycles. The lowest BCUT2D eigenvalue weighted by Crippen LogP contribution is -2.48. The lowest BCUT2D eigenvalue weighted by molar-refractivity contribution is -0.178. The summed E-state index contributed by atoms with van der Waals surface area (Å²) < 4.78 is 52.8. The van der Waals surface area contributed by atoms with E-state index in [0.29, 0.717) is 32.1 Å². The van der Waals surface area contributed by atoms with Gasteiger partial charge in [-0.3, -0.25) is 4.79 Å². The van der Waals surface area contributed by atoms with Crippen LogP contribution in [-0.4, -0.2) is 50.0 Å². The third kappa shape index (κ3) is 3.72. The van der Waals surface area contributed by atoms with Crippen LogP contribution < -0.4 is 9.47 Å². The van der Waals surface area contributed by atoms with Crippen LogP contribution in [0.5, 0.6) is 11.5 Å². The smallest absolute Gasteiger partial charge is 0.411 e. The molecule has 0 radical (unpaired) electrons. The largest absolute Gasteiger partial charge is 0.486 e. The van der Waals surface area contributed by atoms with Gasteiger partial charge in [0.1, 0.15) is 26.4 Å². The first-order valence-corrected chi connectivity index (χ1v) is 9.22. The number of carbonyl (C=O) groups is 1. The molecule has 3 aliphatic rings. The van der Waals surface area contributed by atoms with Crippen molar-refractivity contribution >= 4 is 5.91 Å². The topological polar surface area (TPSA) is 48.0 Å². The second-order valence-electron chi connectivity index (χ2n) is 7.50. The van der Waals surface area contributed by atoms with Gasteiger partial charge in [-0.15, -0.1) is 0 Å². The number of benzene rings is 1. The Morgan fingerprint density at radius 2 is 1.81 bits per heavy atom. The highest BCUT2D eigenvalue weighted by molar-refractivity contribution is 5.78. The summed E-state index contributed by atoms with van der Waals surface area (Å²) in [6.45, 7) is -0.122. The van der Waals surface area contributed by atoms with Gasteiger partial charge >= 0.3 is 6.18 Å². The minimum absolute atomic E-state index is 0.164. The van der Waals surface area contributed by atoms with Crippen LogP contribution >= 0.6 is 0 Å². The average Bonchev–Trinajstić information content (AvgIpc) is 3.08. The minimum Gasteiger partial charge on any atom is -0.486 e. The van der Waals surface area contributed by atoms with Crippen molar-refractivity contribution in [2.45, 2.75) is 43.8 Å². The number of carbonyl (C=O) groups excluding carboxylic acids is 1. The number of nitrogens with zero attached hydrogens (tertiary/aromatic N) is 1. The Balaban J connectivity index is 1.57. The summed E-state index contributed by atoms with van der Waals surface area (Å²) in [4.78, 5) is 14.1. The minimum atomic E-state index is -4.43. The molecule has 0 N–H and O–H groups in total. The number of amides is 1. The molecule has 1 amide bonds. The second kappa shape index (κ2) is 6.89. The quantitative estimate of drug-likeness (QED) is 0.802. The number of hydrogen-bond donors (Lipinski definition) is 0. The van der Waals surface area contributed by atoms with Crippen molar-refractivity contribution < 1.29 is 32.2 Å². The normalized spacial score (nSPS) is 20.6. The molecular weight excluding hydrogens is 363 g/mol. The van der Waals surface area contributed by atoms with Gasteiger partial charge in [-0.1, -0.05) is 12.8 Å². The molecule has 4 rings (SSSR count). The predicted molar refractivity (Wildman–Crippen MR) is 89.9 cm³/mol. The molecule has 1 fully saturated rings. The van der Waals surface area contributed by atoms with Gasteiger partial charge in [0.05, 0.1) is 0 Å². The molecule has 1 spiro atoms. The van der Waals surface area contributed by atoms with Gasteiger partial charge in [-0.05, 0) is 36.1 Å². The SMILES string of the molecule is O=C(COCC(F)(F)F)N1Cc2cc3c(cc2C2(CCCC2)C1)OCCO3. The Morgan fingerprint density at radius 3 is 2.48 bits per heavy atom. The van der Waals surface area contributed by atoms with E-state index in [4.69, 9.17) is 9.47 Å². The van der Waals surface area contributed by atoms with Crippen molar-refractivity contribution in [2.24, 2.45) is 0 Å². The first-order valence-electron chi connectivity index (χ1n) is 9.22. The van der Waals surface area contributed by atoms with E-state index in [9.17, 15) is 18.0 Å². The first kappa shape index (κ1) is 18.4. The Labute approximate surface area is 155 Å². The molecule has 2 aliphatic heterocycles. The Morgan fingerprint density at radius 1 is 1.15 bits per heavy atom. The van der Waals surface area contributed by atoms with Crippen molar-refractivity contribution in [3.8, 4) is 11.5 Å². The van der Waals surface area contributed by atoms with E-state index in [1.54, 1.807) is 4.90 Å². The summed E-state index contributed by atoms with van der Waals surface area (Å²) in [5, 5.41) is 0. The number of hydrogen-bond acceptors (Lipinski definition) is 4. The van der Waals surface area contributed by atoms with Crippen LogP contribution in [0.15, 0.2) is 12.1 Å². The van der Waals surface area contributed by atoms with Crippen LogP contribution in [0.3, 0.4) is 0 Å². The monoisotopic (exact) mass is 385 g/mol. The molecule has 1 aliphatic carbocycles. The van der Waals surface area contributed by atoms with E-state index in [1.165, 1.54) is 5.56 Å². The molecule has 0 bridgehead atoms. The molecule has 0 saturated heterocycles. The van der Waals surface area contributed by atoms with Crippen molar-refractivity contribution in [2.75, 3.05) is 33.0 Å². The maximum Gasteiger partial charge on any atom is 0.411 e. The van der Waals surface area contributed by atoms with Gasteiger partial charge in [0.25, 0.3) is 0 Å². The van der Waals surface area contributed by atoms with Gasteiger partial charge in [-0.2, -0.15) is 13.2 Å². The number of rotatable bonds is 3. The number of alkyl halides is 3. The Hall–Kier alpha value is -1.96. The van der Waals surface area contributed by atoms with E-state index in [2.05, 4.69) is 4.74 Å². The third-order valence-corrected chi connectivity index (χ3v) is 5.60. The molecule has 2 heterocycles. The number of halogens is 3. The highest BCUT2D eigenvalue weighted by Gasteiger charge is 2.44. The van der Waals surface area contributed by atoms with Crippen LogP contribution in [0.2, 0.25) is 0 Å². The molecule has 8 heteroatoms. The van der Waals surface area contributed by atoms with E-state index in [0.717, 1.165) is 37.0 Å². The van der Waals surface area contributed by atoms with Crippen LogP contribution in [-0.2, 0) is 21.5 Å². The zero-order chi connectivity index (χ0) is 19.1. The summed E-state index contributed by atoms with van der Waals surface area (Å²) in [6.07, 6.45) is -0.390. The average molecular weight is 385 g/mol. The van der Waals surface area contributed by atoms with Crippen LogP contribution in [0.1, 0.15) is 36.8 Å². The lowest BCUT2D eigenvalue weighted by atomic mass is 9.73. The highest BCUT2D eigenvalue weighted by Crippen LogP contribution is 2.49. The maximum atomic E-state index is 12.5.